The van der Waals surface area contributed by atoms with Crippen molar-refractivity contribution in [3.05, 3.63) is 35.6 Å². The average Bonchev–Trinajstić information content (AvgIpc) is 3.25. The third-order valence-corrected chi connectivity index (χ3v) is 5.50. The first-order valence-electron chi connectivity index (χ1n) is 10.1. The molecule has 1 aliphatic rings. The molecule has 0 bridgehead atoms. The molecule has 0 radical (unpaired) electrons. The number of ether oxygens (including phenoxy) is 1. The van der Waals surface area contributed by atoms with Crippen LogP contribution in [0.25, 0.3) is 21.8 Å². The Labute approximate surface area is 179 Å². The number of aromatic amines is 1. The van der Waals surface area contributed by atoms with Gasteiger partial charge in [-0.3, -0.25) is 9.78 Å². The fourth-order valence-corrected chi connectivity index (χ4v) is 4.27. The van der Waals surface area contributed by atoms with Crippen LogP contribution in [0.4, 0.5) is 10.5 Å². The summed E-state index contributed by atoms with van der Waals surface area (Å²) in [7, 11) is 0. The van der Waals surface area contributed by atoms with Gasteiger partial charge in [0.05, 0.1) is 28.8 Å². The van der Waals surface area contributed by atoms with Crippen LogP contribution in [0.15, 0.2) is 30.6 Å². The highest BCUT2D eigenvalue weighted by Crippen LogP contribution is 2.34. The number of hydrogen-bond acceptors (Lipinski definition) is 4. The number of nitrogens with zero attached hydrogens (tertiary/aromatic N) is 1. The number of aromatic nitrogens is 2. The molecule has 1 fully saturated rings. The smallest absolute Gasteiger partial charge is 0.407 e. The van der Waals surface area contributed by atoms with Crippen molar-refractivity contribution in [2.75, 3.05) is 5.32 Å². The molecule has 30 heavy (non-hydrogen) atoms. The highest BCUT2D eigenvalue weighted by molar-refractivity contribution is 6.32. The van der Waals surface area contributed by atoms with Crippen molar-refractivity contribution < 1.29 is 14.3 Å². The molecule has 0 aliphatic heterocycles. The minimum Gasteiger partial charge on any atom is -0.444 e. The maximum atomic E-state index is 13.1. The van der Waals surface area contributed by atoms with Crippen molar-refractivity contribution in [3.63, 3.8) is 0 Å². The summed E-state index contributed by atoms with van der Waals surface area (Å²) in [5.41, 5.74) is 1.69. The van der Waals surface area contributed by atoms with Gasteiger partial charge in [0.1, 0.15) is 5.60 Å². The summed E-state index contributed by atoms with van der Waals surface area (Å²) in [4.78, 5) is 32.7. The molecule has 1 aromatic carbocycles. The maximum absolute atomic E-state index is 13.1. The van der Waals surface area contributed by atoms with Crippen molar-refractivity contribution >= 4 is 51.1 Å². The Bertz CT molecular complexity index is 1120. The van der Waals surface area contributed by atoms with Crippen LogP contribution in [0.5, 0.6) is 0 Å². The predicted octanol–water partition coefficient (Wildman–Crippen LogP) is 5.00. The molecule has 1 aliphatic carbocycles. The summed E-state index contributed by atoms with van der Waals surface area (Å²) in [6.07, 6.45) is 5.27. The topological polar surface area (TPSA) is 96.1 Å². The molecule has 1 saturated carbocycles. The molecule has 7 nitrogen and oxygen atoms in total. The summed E-state index contributed by atoms with van der Waals surface area (Å²) in [5.74, 6) is -0.480. The highest BCUT2D eigenvalue weighted by atomic mass is 35.5. The number of rotatable bonds is 3. The molecule has 2 atom stereocenters. The Morgan fingerprint density at radius 2 is 2.03 bits per heavy atom. The molecule has 0 spiro atoms. The first kappa shape index (κ1) is 20.5. The fraction of sp³-hybridized carbons (Fsp3) is 0.409. The van der Waals surface area contributed by atoms with Crippen molar-refractivity contribution in [1.29, 1.82) is 0 Å². The van der Waals surface area contributed by atoms with E-state index in [1.165, 1.54) is 0 Å². The van der Waals surface area contributed by atoms with Gasteiger partial charge in [0.15, 0.2) is 0 Å². The summed E-state index contributed by atoms with van der Waals surface area (Å²) >= 11 is 6.33. The maximum Gasteiger partial charge on any atom is 0.407 e. The second-order valence-electron chi connectivity index (χ2n) is 8.70. The summed E-state index contributed by atoms with van der Waals surface area (Å²) in [5, 5.41) is 8.31. The van der Waals surface area contributed by atoms with E-state index in [9.17, 15) is 9.59 Å². The molecule has 8 heteroatoms. The molecular formula is C22H25ClN4O3. The number of halogens is 1. The van der Waals surface area contributed by atoms with Crippen molar-refractivity contribution in [3.8, 4) is 0 Å². The van der Waals surface area contributed by atoms with Crippen LogP contribution in [0.2, 0.25) is 5.02 Å². The Morgan fingerprint density at radius 3 is 2.80 bits per heavy atom. The SMILES string of the molecule is CC(C)(C)OC(=O)NC1CCCC1C(=O)Nc1cc(Cl)cc2c1[nH]c1cnccc12. The quantitative estimate of drug-likeness (QED) is 0.546. The molecule has 2 amide bonds. The Balaban J connectivity index is 1.56. The van der Waals surface area contributed by atoms with E-state index in [-0.39, 0.29) is 17.9 Å². The van der Waals surface area contributed by atoms with Gasteiger partial charge in [-0.15, -0.1) is 0 Å². The molecule has 2 heterocycles. The van der Waals surface area contributed by atoms with Crippen LogP contribution < -0.4 is 10.6 Å². The number of carbonyl (C=O) groups is 2. The summed E-state index contributed by atoms with van der Waals surface area (Å²) < 4.78 is 5.34. The molecular weight excluding hydrogens is 404 g/mol. The van der Waals surface area contributed by atoms with E-state index in [0.717, 1.165) is 34.6 Å². The number of benzene rings is 1. The van der Waals surface area contributed by atoms with E-state index in [1.807, 2.05) is 32.9 Å². The molecule has 158 valence electrons. The van der Waals surface area contributed by atoms with E-state index in [4.69, 9.17) is 16.3 Å². The lowest BCUT2D eigenvalue weighted by Crippen LogP contribution is -2.44. The summed E-state index contributed by atoms with van der Waals surface area (Å²) in [6, 6.07) is 5.25. The zero-order valence-electron chi connectivity index (χ0n) is 17.2. The Hall–Kier alpha value is -2.80. The van der Waals surface area contributed by atoms with Crippen molar-refractivity contribution in [2.24, 2.45) is 5.92 Å². The number of amides is 2. The largest absolute Gasteiger partial charge is 0.444 e. The lowest BCUT2D eigenvalue weighted by atomic mass is 10.0. The van der Waals surface area contributed by atoms with Gasteiger partial charge in [-0.1, -0.05) is 18.0 Å². The molecule has 3 N–H and O–H groups in total. The lowest BCUT2D eigenvalue weighted by Gasteiger charge is -2.24. The van der Waals surface area contributed by atoms with Gasteiger partial charge in [0.25, 0.3) is 0 Å². The third kappa shape index (κ3) is 4.21. The van der Waals surface area contributed by atoms with Crippen LogP contribution in [-0.2, 0) is 9.53 Å². The van der Waals surface area contributed by atoms with E-state index in [2.05, 4.69) is 20.6 Å². The molecule has 2 aromatic heterocycles. The third-order valence-electron chi connectivity index (χ3n) is 5.29. The van der Waals surface area contributed by atoms with Crippen molar-refractivity contribution in [2.45, 2.75) is 51.7 Å². The fourth-order valence-electron chi connectivity index (χ4n) is 4.05. The molecule has 2 unspecified atom stereocenters. The standard InChI is InChI=1S/C22H25ClN4O3/c1-22(2,3)30-21(29)27-16-6-4-5-14(16)20(28)26-17-10-12(23)9-15-13-7-8-24-11-18(13)25-19(15)17/h7-11,14,16,25H,4-6H2,1-3H3,(H,26,28)(H,27,29). The zero-order valence-corrected chi connectivity index (χ0v) is 18.0. The van der Waals surface area contributed by atoms with Gasteiger partial charge < -0.3 is 20.4 Å². The van der Waals surface area contributed by atoms with Crippen molar-refractivity contribution in [1.82, 2.24) is 15.3 Å². The van der Waals surface area contributed by atoms with Gasteiger partial charge >= 0.3 is 6.09 Å². The first-order chi connectivity index (χ1) is 14.2. The van der Waals surface area contributed by atoms with Crippen LogP contribution >= 0.6 is 11.6 Å². The normalized spacial score (nSPS) is 19.2. The average molecular weight is 429 g/mol. The number of alkyl carbamates (subject to hydrolysis) is 1. The molecule has 0 saturated heterocycles. The van der Waals surface area contributed by atoms with Crippen LogP contribution in [0, 0.1) is 5.92 Å². The van der Waals surface area contributed by atoms with E-state index in [0.29, 0.717) is 17.1 Å². The van der Waals surface area contributed by atoms with E-state index in [1.54, 1.807) is 18.5 Å². The first-order valence-corrected chi connectivity index (χ1v) is 10.4. The monoisotopic (exact) mass is 428 g/mol. The Morgan fingerprint density at radius 1 is 1.23 bits per heavy atom. The lowest BCUT2D eigenvalue weighted by molar-refractivity contribution is -0.120. The number of carbonyl (C=O) groups excluding carboxylic acids is 2. The number of nitrogens with one attached hydrogen (secondary N) is 3. The van der Waals surface area contributed by atoms with Gasteiger partial charge in [-0.25, -0.2) is 4.79 Å². The van der Waals surface area contributed by atoms with E-state index >= 15 is 0 Å². The summed E-state index contributed by atoms with van der Waals surface area (Å²) in [6.45, 7) is 5.43. The van der Waals surface area contributed by atoms with Gasteiger partial charge in [0, 0.05) is 28.0 Å². The Kier molecular flexibility index (Phi) is 5.32. The molecule has 4 rings (SSSR count). The van der Waals surface area contributed by atoms with Gasteiger partial charge in [-0.2, -0.15) is 0 Å². The van der Waals surface area contributed by atoms with Gasteiger partial charge in [0.2, 0.25) is 5.91 Å². The predicted molar refractivity (Wildman–Crippen MR) is 118 cm³/mol. The van der Waals surface area contributed by atoms with E-state index < -0.39 is 11.7 Å². The number of hydrogen-bond donors (Lipinski definition) is 3. The minimum atomic E-state index is -0.586. The zero-order chi connectivity index (χ0) is 21.5. The highest BCUT2D eigenvalue weighted by Gasteiger charge is 2.35. The number of anilines is 1. The van der Waals surface area contributed by atoms with Crippen LogP contribution in [0.3, 0.4) is 0 Å². The second kappa shape index (κ2) is 7.80. The number of H-pyrrole nitrogens is 1. The molecule has 3 aromatic rings. The second-order valence-corrected chi connectivity index (χ2v) is 9.14. The van der Waals surface area contributed by atoms with Gasteiger partial charge in [-0.05, 0) is 51.8 Å². The number of fused-ring (bicyclic) bond motifs is 3. The van der Waals surface area contributed by atoms with Crippen LogP contribution in [-0.4, -0.2) is 33.6 Å². The van der Waals surface area contributed by atoms with Crippen LogP contribution in [0.1, 0.15) is 40.0 Å². The minimum absolute atomic E-state index is 0.145. The number of pyridine rings is 1.